The van der Waals surface area contributed by atoms with E-state index in [1.807, 2.05) is 4.90 Å². The van der Waals surface area contributed by atoms with E-state index in [-0.39, 0.29) is 12.0 Å². The van der Waals surface area contributed by atoms with Crippen molar-refractivity contribution in [2.24, 2.45) is 5.41 Å². The normalized spacial score (nSPS) is 22.4. The Kier molecular flexibility index (Phi) is 5.86. The van der Waals surface area contributed by atoms with Crippen molar-refractivity contribution in [1.82, 2.24) is 4.98 Å². The summed E-state index contributed by atoms with van der Waals surface area (Å²) in [6.07, 6.45) is -1.15. The van der Waals surface area contributed by atoms with Gasteiger partial charge >= 0.3 is 6.18 Å². The summed E-state index contributed by atoms with van der Waals surface area (Å²) in [7, 11) is 1.63. The Bertz CT molecular complexity index is 510. The molecule has 1 fully saturated rings. The second kappa shape index (κ2) is 7.49. The molecular weight excluding hydrogens is 309 g/mol. The molecule has 0 aliphatic carbocycles. The quantitative estimate of drug-likeness (QED) is 0.813. The summed E-state index contributed by atoms with van der Waals surface area (Å²) in [4.78, 5) is 5.61. The minimum absolute atomic E-state index is 0.0200. The summed E-state index contributed by atoms with van der Waals surface area (Å²) in [6.45, 7) is 1.80. The number of rotatable bonds is 6. The van der Waals surface area contributed by atoms with Crippen LogP contribution in [-0.2, 0) is 10.9 Å². The van der Waals surface area contributed by atoms with Crippen LogP contribution in [0.25, 0.3) is 0 Å². The van der Waals surface area contributed by atoms with Crippen molar-refractivity contribution < 1.29 is 23.0 Å². The molecule has 1 unspecified atom stereocenters. The zero-order chi connectivity index (χ0) is 16.9. The molecule has 0 spiro atoms. The number of aliphatic hydroxyl groups excluding tert-OH is 1. The maximum Gasteiger partial charge on any atom is 0.433 e. The van der Waals surface area contributed by atoms with Crippen LogP contribution in [0.1, 0.15) is 31.4 Å². The van der Waals surface area contributed by atoms with Crippen molar-refractivity contribution in [2.45, 2.75) is 31.9 Å². The largest absolute Gasteiger partial charge is 0.433 e. The Morgan fingerprint density at radius 3 is 2.83 bits per heavy atom. The molecule has 1 aliphatic rings. The number of alkyl halides is 3. The minimum atomic E-state index is -4.45. The molecule has 0 radical (unpaired) electrons. The van der Waals surface area contributed by atoms with Gasteiger partial charge in [0.25, 0.3) is 0 Å². The molecule has 0 aromatic carbocycles. The van der Waals surface area contributed by atoms with Crippen LogP contribution >= 0.6 is 0 Å². The van der Waals surface area contributed by atoms with Gasteiger partial charge in [-0.05, 0) is 37.8 Å². The van der Waals surface area contributed by atoms with E-state index in [0.717, 1.165) is 31.7 Å². The fourth-order valence-corrected chi connectivity index (χ4v) is 3.16. The Hall–Kier alpha value is -1.34. The van der Waals surface area contributed by atoms with Gasteiger partial charge in [-0.2, -0.15) is 13.2 Å². The van der Waals surface area contributed by atoms with E-state index >= 15 is 0 Å². The molecule has 0 saturated carbocycles. The van der Waals surface area contributed by atoms with Crippen molar-refractivity contribution in [1.29, 1.82) is 0 Å². The van der Waals surface area contributed by atoms with Crippen LogP contribution < -0.4 is 4.90 Å². The molecule has 0 amide bonds. The lowest BCUT2D eigenvalue weighted by atomic mass is 9.77. The first kappa shape index (κ1) is 18.0. The van der Waals surface area contributed by atoms with Gasteiger partial charge in [-0.1, -0.05) is 6.07 Å². The van der Waals surface area contributed by atoms with Crippen molar-refractivity contribution >= 4 is 5.82 Å². The van der Waals surface area contributed by atoms with E-state index in [2.05, 4.69) is 4.98 Å². The highest BCUT2D eigenvalue weighted by Crippen LogP contribution is 2.36. The zero-order valence-corrected chi connectivity index (χ0v) is 13.3. The lowest BCUT2D eigenvalue weighted by Crippen LogP contribution is -2.46. The SMILES string of the molecule is COCCCC1(CO)CCCN(c2cccc(C(F)(F)F)n2)C1. The molecule has 1 atom stereocenters. The Morgan fingerprint density at radius 2 is 2.17 bits per heavy atom. The number of hydrogen-bond acceptors (Lipinski definition) is 4. The zero-order valence-electron chi connectivity index (χ0n) is 13.3. The van der Waals surface area contributed by atoms with Gasteiger partial charge in [-0.25, -0.2) is 4.98 Å². The van der Waals surface area contributed by atoms with E-state index in [1.165, 1.54) is 6.07 Å². The van der Waals surface area contributed by atoms with Crippen molar-refractivity contribution in [3.05, 3.63) is 23.9 Å². The van der Waals surface area contributed by atoms with Crippen LogP contribution in [0.2, 0.25) is 0 Å². The topological polar surface area (TPSA) is 45.6 Å². The first-order valence-electron chi connectivity index (χ1n) is 7.79. The van der Waals surface area contributed by atoms with Gasteiger partial charge in [-0.3, -0.25) is 0 Å². The van der Waals surface area contributed by atoms with Crippen LogP contribution in [0.3, 0.4) is 0 Å². The number of pyridine rings is 1. The number of piperidine rings is 1. The first-order valence-corrected chi connectivity index (χ1v) is 7.79. The maximum atomic E-state index is 12.8. The van der Waals surface area contributed by atoms with Gasteiger partial charge in [-0.15, -0.1) is 0 Å². The van der Waals surface area contributed by atoms with Crippen LogP contribution in [0.4, 0.5) is 19.0 Å². The maximum absolute atomic E-state index is 12.8. The third-order valence-corrected chi connectivity index (χ3v) is 4.40. The molecule has 1 saturated heterocycles. The van der Waals surface area contributed by atoms with Crippen LogP contribution in [-0.4, -0.2) is 43.5 Å². The number of anilines is 1. The third-order valence-electron chi connectivity index (χ3n) is 4.40. The van der Waals surface area contributed by atoms with Crippen molar-refractivity contribution in [3.63, 3.8) is 0 Å². The second-order valence-corrected chi connectivity index (χ2v) is 6.16. The summed E-state index contributed by atoms with van der Waals surface area (Å²) < 4.78 is 43.5. The van der Waals surface area contributed by atoms with E-state index in [9.17, 15) is 18.3 Å². The standard InChI is InChI=1S/C16H23F3N2O2/c1-23-10-4-8-15(12-22)7-3-9-21(11-15)14-6-2-5-13(20-14)16(17,18)19/h2,5-6,22H,3-4,7-12H2,1H3. The highest BCUT2D eigenvalue weighted by atomic mass is 19.4. The van der Waals surface area contributed by atoms with Gasteiger partial charge in [0.15, 0.2) is 0 Å². The third kappa shape index (κ3) is 4.57. The molecule has 7 heteroatoms. The average Bonchev–Trinajstić information content (AvgIpc) is 2.55. The molecule has 0 bridgehead atoms. The van der Waals surface area contributed by atoms with Crippen molar-refractivity contribution in [2.75, 3.05) is 38.3 Å². The van der Waals surface area contributed by atoms with Crippen LogP contribution in [0, 0.1) is 5.41 Å². The van der Waals surface area contributed by atoms with Gasteiger partial charge in [0.2, 0.25) is 0 Å². The Labute approximate surface area is 134 Å². The lowest BCUT2D eigenvalue weighted by Gasteiger charge is -2.42. The molecule has 4 nitrogen and oxygen atoms in total. The highest BCUT2D eigenvalue weighted by Gasteiger charge is 2.36. The summed E-state index contributed by atoms with van der Waals surface area (Å²) in [5.74, 6) is 0.323. The van der Waals surface area contributed by atoms with Gasteiger partial charge < -0.3 is 14.7 Å². The van der Waals surface area contributed by atoms with E-state index in [1.54, 1.807) is 13.2 Å². The smallest absolute Gasteiger partial charge is 0.396 e. The minimum Gasteiger partial charge on any atom is -0.396 e. The summed E-state index contributed by atoms with van der Waals surface area (Å²) >= 11 is 0. The molecule has 23 heavy (non-hydrogen) atoms. The summed E-state index contributed by atoms with van der Waals surface area (Å²) in [5.41, 5.74) is -1.18. The van der Waals surface area contributed by atoms with Crippen LogP contribution in [0.15, 0.2) is 18.2 Å². The fourth-order valence-electron chi connectivity index (χ4n) is 3.16. The first-order chi connectivity index (χ1) is 10.9. The van der Waals surface area contributed by atoms with Gasteiger partial charge in [0.05, 0.1) is 6.61 Å². The second-order valence-electron chi connectivity index (χ2n) is 6.16. The lowest BCUT2D eigenvalue weighted by molar-refractivity contribution is -0.141. The van der Waals surface area contributed by atoms with Crippen LogP contribution in [0.5, 0.6) is 0 Å². The van der Waals surface area contributed by atoms with Gasteiger partial charge in [0.1, 0.15) is 11.5 Å². The number of aliphatic hydroxyl groups is 1. The molecule has 1 aromatic rings. The number of methoxy groups -OCH3 is 1. The van der Waals surface area contributed by atoms with E-state index in [4.69, 9.17) is 4.74 Å². The average molecular weight is 332 g/mol. The van der Waals surface area contributed by atoms with E-state index in [0.29, 0.717) is 25.5 Å². The summed E-state index contributed by atoms with van der Waals surface area (Å²) in [5, 5.41) is 9.82. The monoisotopic (exact) mass is 332 g/mol. The number of halogens is 3. The predicted octanol–water partition coefficient (Wildman–Crippen LogP) is 3.11. The molecule has 1 aliphatic heterocycles. The van der Waals surface area contributed by atoms with Crippen molar-refractivity contribution in [3.8, 4) is 0 Å². The predicted molar refractivity (Wildman–Crippen MR) is 81.3 cm³/mol. The molecule has 1 N–H and O–H groups in total. The molecule has 1 aromatic heterocycles. The molecular formula is C16H23F3N2O2. The number of aromatic nitrogens is 1. The molecule has 2 rings (SSSR count). The Morgan fingerprint density at radius 1 is 1.39 bits per heavy atom. The molecule has 2 heterocycles. The van der Waals surface area contributed by atoms with Gasteiger partial charge in [0, 0.05) is 32.2 Å². The van der Waals surface area contributed by atoms with E-state index < -0.39 is 11.9 Å². The Balaban J connectivity index is 2.14. The fraction of sp³-hybridized carbons (Fsp3) is 0.688. The number of ether oxygens (including phenoxy) is 1. The summed E-state index contributed by atoms with van der Waals surface area (Å²) in [6, 6.07) is 3.95. The highest BCUT2D eigenvalue weighted by molar-refractivity contribution is 5.40. The molecule has 130 valence electrons. The number of nitrogens with zero attached hydrogens (tertiary/aromatic N) is 2. The number of hydrogen-bond donors (Lipinski definition) is 1.